The van der Waals surface area contributed by atoms with Crippen molar-refractivity contribution in [1.29, 1.82) is 0 Å². The molecule has 2 nitrogen and oxygen atoms in total. The summed E-state index contributed by atoms with van der Waals surface area (Å²) >= 11 is 5.79. The van der Waals surface area contributed by atoms with Crippen LogP contribution in [0, 0.1) is 5.82 Å². The van der Waals surface area contributed by atoms with Gasteiger partial charge >= 0.3 is 0 Å². The van der Waals surface area contributed by atoms with Gasteiger partial charge in [0.1, 0.15) is 11.6 Å². The molecule has 0 spiro atoms. The van der Waals surface area contributed by atoms with E-state index >= 15 is 0 Å². The minimum absolute atomic E-state index is 0.0190. The van der Waals surface area contributed by atoms with Crippen molar-refractivity contribution in [2.24, 2.45) is 0 Å². The summed E-state index contributed by atoms with van der Waals surface area (Å²) in [5, 5.41) is 3.49. The highest BCUT2D eigenvalue weighted by atomic mass is 35.5. The minimum atomic E-state index is -0.333. The molecule has 1 atom stereocenters. The molecule has 0 amide bonds. The van der Waals surface area contributed by atoms with Crippen molar-refractivity contribution in [3.05, 3.63) is 46.4 Å². The molecule has 1 aromatic carbocycles. The molecule has 4 heteroatoms. The maximum absolute atomic E-state index is 13.9. The Balaban J connectivity index is 2.15. The lowest BCUT2D eigenvalue weighted by molar-refractivity contribution is 0.214. The van der Waals surface area contributed by atoms with Gasteiger partial charge in [0.2, 0.25) is 0 Å². The second-order valence-corrected chi connectivity index (χ2v) is 4.68. The average Bonchev–Trinajstić information content (AvgIpc) is 2.88. The molecule has 0 fully saturated rings. The zero-order valence-electron chi connectivity index (χ0n) is 10.4. The van der Waals surface area contributed by atoms with Crippen LogP contribution in [0.15, 0.2) is 30.0 Å². The Labute approximate surface area is 112 Å². The van der Waals surface area contributed by atoms with E-state index in [-0.39, 0.29) is 16.9 Å². The Bertz CT molecular complexity index is 447. The van der Waals surface area contributed by atoms with Gasteiger partial charge in [0, 0.05) is 6.42 Å². The number of ether oxygens (including phenoxy) is 1. The third kappa shape index (κ3) is 3.03. The molecule has 1 aliphatic rings. The van der Waals surface area contributed by atoms with E-state index in [1.54, 1.807) is 18.2 Å². The number of nitrogens with one attached hydrogen (secondary N) is 1. The SMILES string of the molecule is CCNC(Cc1cccc(Cl)c1F)C1=CCCO1. The standard InChI is InChI=1S/C14H17ClFNO/c1-2-17-12(13-7-4-8-18-13)9-10-5-3-6-11(15)14(10)16/h3,5-7,12,17H,2,4,8-9H2,1H3. The van der Waals surface area contributed by atoms with Crippen molar-refractivity contribution in [3.8, 4) is 0 Å². The van der Waals surface area contributed by atoms with Crippen LogP contribution < -0.4 is 5.32 Å². The number of hydrogen-bond donors (Lipinski definition) is 1. The largest absolute Gasteiger partial charge is 0.496 e. The molecule has 1 N–H and O–H groups in total. The highest BCUT2D eigenvalue weighted by Gasteiger charge is 2.20. The van der Waals surface area contributed by atoms with Crippen LogP contribution in [0.4, 0.5) is 4.39 Å². The normalized spacial score (nSPS) is 16.3. The van der Waals surface area contributed by atoms with E-state index in [0.717, 1.165) is 25.3 Å². The number of rotatable bonds is 5. The molecule has 2 rings (SSSR count). The molecule has 0 saturated carbocycles. The molecule has 98 valence electrons. The van der Waals surface area contributed by atoms with Gasteiger partial charge in [-0.25, -0.2) is 4.39 Å². The topological polar surface area (TPSA) is 21.3 Å². The maximum atomic E-state index is 13.9. The minimum Gasteiger partial charge on any atom is -0.496 e. The Hall–Kier alpha value is -1.06. The van der Waals surface area contributed by atoms with Crippen LogP contribution in [0.3, 0.4) is 0 Å². The van der Waals surface area contributed by atoms with Crippen molar-refractivity contribution >= 4 is 11.6 Å². The van der Waals surface area contributed by atoms with Crippen LogP contribution >= 0.6 is 11.6 Å². The van der Waals surface area contributed by atoms with Gasteiger partial charge in [-0.3, -0.25) is 0 Å². The number of hydrogen-bond acceptors (Lipinski definition) is 2. The highest BCUT2D eigenvalue weighted by molar-refractivity contribution is 6.30. The van der Waals surface area contributed by atoms with E-state index in [1.165, 1.54) is 0 Å². The molecule has 1 heterocycles. The summed E-state index contributed by atoms with van der Waals surface area (Å²) in [5.41, 5.74) is 0.616. The summed E-state index contributed by atoms with van der Waals surface area (Å²) in [6, 6.07) is 5.12. The first-order valence-corrected chi connectivity index (χ1v) is 6.59. The van der Waals surface area contributed by atoms with Gasteiger partial charge in [-0.05, 0) is 30.7 Å². The molecule has 1 unspecified atom stereocenters. The van der Waals surface area contributed by atoms with Crippen molar-refractivity contribution < 1.29 is 9.13 Å². The van der Waals surface area contributed by atoms with Gasteiger partial charge in [-0.1, -0.05) is 30.7 Å². The lowest BCUT2D eigenvalue weighted by Crippen LogP contribution is -2.33. The quantitative estimate of drug-likeness (QED) is 0.886. The summed E-state index contributed by atoms with van der Waals surface area (Å²) < 4.78 is 19.4. The van der Waals surface area contributed by atoms with Crippen molar-refractivity contribution in [2.75, 3.05) is 13.2 Å². The van der Waals surface area contributed by atoms with Crippen LogP contribution in [0.2, 0.25) is 5.02 Å². The van der Waals surface area contributed by atoms with E-state index in [1.807, 2.05) is 6.92 Å². The number of benzene rings is 1. The molecular formula is C14H17ClFNO. The Morgan fingerprint density at radius 3 is 3.00 bits per heavy atom. The van der Waals surface area contributed by atoms with Gasteiger partial charge in [-0.2, -0.15) is 0 Å². The number of likely N-dealkylation sites (N-methyl/N-ethyl adjacent to an activating group) is 1. The lowest BCUT2D eigenvalue weighted by atomic mass is 10.0. The molecular weight excluding hydrogens is 253 g/mol. The van der Waals surface area contributed by atoms with Crippen LogP contribution in [-0.2, 0) is 11.2 Å². The molecule has 0 bridgehead atoms. The van der Waals surface area contributed by atoms with E-state index in [4.69, 9.17) is 16.3 Å². The van der Waals surface area contributed by atoms with Gasteiger partial charge in [0.25, 0.3) is 0 Å². The average molecular weight is 270 g/mol. The fourth-order valence-electron chi connectivity index (χ4n) is 2.13. The number of halogens is 2. The van der Waals surface area contributed by atoms with Crippen LogP contribution in [0.25, 0.3) is 0 Å². The van der Waals surface area contributed by atoms with Gasteiger partial charge < -0.3 is 10.1 Å². The zero-order valence-corrected chi connectivity index (χ0v) is 11.1. The lowest BCUT2D eigenvalue weighted by Gasteiger charge is -2.19. The summed E-state index contributed by atoms with van der Waals surface area (Å²) in [6.07, 6.45) is 3.54. The molecule has 0 aromatic heterocycles. The van der Waals surface area contributed by atoms with E-state index < -0.39 is 0 Å². The predicted molar refractivity (Wildman–Crippen MR) is 71.2 cm³/mol. The van der Waals surface area contributed by atoms with Crippen molar-refractivity contribution in [1.82, 2.24) is 5.32 Å². The summed E-state index contributed by atoms with van der Waals surface area (Å²) in [7, 11) is 0. The van der Waals surface area contributed by atoms with Crippen LogP contribution in [0.1, 0.15) is 18.9 Å². The highest BCUT2D eigenvalue weighted by Crippen LogP contribution is 2.22. The Morgan fingerprint density at radius 2 is 2.33 bits per heavy atom. The fourth-order valence-corrected chi connectivity index (χ4v) is 2.32. The van der Waals surface area contributed by atoms with Crippen LogP contribution in [0.5, 0.6) is 0 Å². The first-order valence-electron chi connectivity index (χ1n) is 6.21. The Kier molecular flexibility index (Phi) is 4.61. The van der Waals surface area contributed by atoms with Crippen molar-refractivity contribution in [3.63, 3.8) is 0 Å². The van der Waals surface area contributed by atoms with E-state index in [2.05, 4.69) is 11.4 Å². The molecule has 18 heavy (non-hydrogen) atoms. The second kappa shape index (κ2) is 6.21. The first kappa shape index (κ1) is 13.4. The van der Waals surface area contributed by atoms with E-state index in [9.17, 15) is 4.39 Å². The van der Waals surface area contributed by atoms with Crippen molar-refractivity contribution in [2.45, 2.75) is 25.8 Å². The maximum Gasteiger partial charge on any atom is 0.145 e. The molecule has 0 aliphatic carbocycles. The second-order valence-electron chi connectivity index (χ2n) is 4.27. The summed E-state index contributed by atoms with van der Waals surface area (Å²) in [5.74, 6) is 0.580. The zero-order chi connectivity index (χ0) is 13.0. The monoisotopic (exact) mass is 269 g/mol. The van der Waals surface area contributed by atoms with Crippen LogP contribution in [-0.4, -0.2) is 19.2 Å². The molecule has 0 radical (unpaired) electrons. The first-order chi connectivity index (χ1) is 8.72. The third-order valence-electron chi connectivity index (χ3n) is 2.98. The molecule has 0 saturated heterocycles. The molecule has 1 aromatic rings. The van der Waals surface area contributed by atoms with Gasteiger partial charge in [0.15, 0.2) is 0 Å². The van der Waals surface area contributed by atoms with Gasteiger partial charge in [-0.15, -0.1) is 0 Å². The van der Waals surface area contributed by atoms with Gasteiger partial charge in [0.05, 0.1) is 17.7 Å². The predicted octanol–water partition coefficient (Wildman–Crippen LogP) is 3.30. The molecule has 1 aliphatic heterocycles. The summed E-state index contributed by atoms with van der Waals surface area (Å²) in [6.45, 7) is 3.56. The summed E-state index contributed by atoms with van der Waals surface area (Å²) in [4.78, 5) is 0. The fraction of sp³-hybridized carbons (Fsp3) is 0.429. The smallest absolute Gasteiger partial charge is 0.145 e. The van der Waals surface area contributed by atoms with E-state index in [0.29, 0.717) is 12.0 Å². The third-order valence-corrected chi connectivity index (χ3v) is 3.27. The Morgan fingerprint density at radius 1 is 1.50 bits per heavy atom.